The van der Waals surface area contributed by atoms with Gasteiger partial charge in [0.15, 0.2) is 17.1 Å². The summed E-state index contributed by atoms with van der Waals surface area (Å²) in [5, 5.41) is 3.80. The van der Waals surface area contributed by atoms with E-state index in [1.165, 1.54) is 0 Å². The van der Waals surface area contributed by atoms with Gasteiger partial charge in [-0.25, -0.2) is 0 Å². The monoisotopic (exact) mass is 370 g/mol. The van der Waals surface area contributed by atoms with E-state index in [1.54, 1.807) is 25.5 Å². The summed E-state index contributed by atoms with van der Waals surface area (Å²) in [4.78, 5) is 14.9. The number of rotatable bonds is 6. The van der Waals surface area contributed by atoms with E-state index in [9.17, 15) is 4.79 Å². The number of para-hydroxylation sites is 1. The molecular formula is C20H22N2O5. The molecule has 142 valence electrons. The largest absolute Gasteiger partial charge is 0.493 e. The fourth-order valence-electron chi connectivity index (χ4n) is 3.37. The molecule has 0 bridgehead atoms. The molecule has 4 rings (SSSR count). The summed E-state index contributed by atoms with van der Waals surface area (Å²) in [7, 11) is 1.58. The first-order valence-electron chi connectivity index (χ1n) is 8.96. The van der Waals surface area contributed by atoms with Crippen molar-refractivity contribution in [1.29, 1.82) is 0 Å². The van der Waals surface area contributed by atoms with Crippen molar-refractivity contribution in [2.75, 3.05) is 40.0 Å². The van der Waals surface area contributed by atoms with Gasteiger partial charge in [0.2, 0.25) is 0 Å². The average molecular weight is 370 g/mol. The second-order valence-electron chi connectivity index (χ2n) is 6.38. The molecule has 0 saturated carbocycles. The number of benzene rings is 1. The van der Waals surface area contributed by atoms with Crippen molar-refractivity contribution in [3.8, 4) is 5.75 Å². The average Bonchev–Trinajstić information content (AvgIpc) is 3.38. The first-order valence-corrected chi connectivity index (χ1v) is 8.96. The van der Waals surface area contributed by atoms with E-state index < -0.39 is 0 Å². The number of nitrogens with one attached hydrogen (secondary N) is 1. The Morgan fingerprint density at radius 1 is 1.26 bits per heavy atom. The lowest BCUT2D eigenvalue weighted by Crippen LogP contribution is -2.43. The second-order valence-corrected chi connectivity index (χ2v) is 6.38. The van der Waals surface area contributed by atoms with Crippen LogP contribution >= 0.6 is 0 Å². The number of hydrogen-bond acceptors (Lipinski definition) is 6. The molecular weight excluding hydrogens is 348 g/mol. The standard InChI is InChI=1S/C20H22N2O5/c1-24-17-5-2-4-14-12-18(27-19(14)17)20(23)21-13-15(16-6-3-9-26-16)22-7-10-25-11-8-22/h2-6,9,12,15H,7-8,10-11,13H2,1H3,(H,21,23). The zero-order valence-electron chi connectivity index (χ0n) is 15.1. The molecule has 0 aliphatic carbocycles. The third-order valence-corrected chi connectivity index (χ3v) is 4.77. The van der Waals surface area contributed by atoms with Gasteiger partial charge >= 0.3 is 0 Å². The molecule has 1 unspecified atom stereocenters. The highest BCUT2D eigenvalue weighted by molar-refractivity contribution is 5.97. The number of fused-ring (bicyclic) bond motifs is 1. The SMILES string of the molecule is COc1cccc2cc(C(=O)NCC(c3ccco3)N3CCOCC3)oc12. The van der Waals surface area contributed by atoms with Gasteiger partial charge in [0.05, 0.1) is 32.6 Å². The van der Waals surface area contributed by atoms with Crippen LogP contribution in [-0.2, 0) is 4.74 Å². The molecule has 1 amide bonds. The van der Waals surface area contributed by atoms with E-state index in [-0.39, 0.29) is 17.7 Å². The summed E-state index contributed by atoms with van der Waals surface area (Å²) >= 11 is 0. The fourth-order valence-corrected chi connectivity index (χ4v) is 3.37. The first-order chi connectivity index (χ1) is 13.3. The van der Waals surface area contributed by atoms with Gasteiger partial charge in [-0.1, -0.05) is 12.1 Å². The number of nitrogens with zero attached hydrogens (tertiary/aromatic N) is 1. The van der Waals surface area contributed by atoms with Crippen molar-refractivity contribution in [1.82, 2.24) is 10.2 Å². The van der Waals surface area contributed by atoms with Crippen LogP contribution in [0.25, 0.3) is 11.0 Å². The number of furan rings is 2. The lowest BCUT2D eigenvalue weighted by Gasteiger charge is -2.33. The summed E-state index contributed by atoms with van der Waals surface area (Å²) in [6, 6.07) is 11.0. The molecule has 1 aromatic carbocycles. The second kappa shape index (κ2) is 7.85. The summed E-state index contributed by atoms with van der Waals surface area (Å²) in [5.74, 6) is 1.42. The Bertz CT molecular complexity index is 896. The van der Waals surface area contributed by atoms with Gasteiger partial charge in [-0.3, -0.25) is 9.69 Å². The smallest absolute Gasteiger partial charge is 0.287 e. The molecule has 3 aromatic rings. The Morgan fingerprint density at radius 2 is 2.11 bits per heavy atom. The summed E-state index contributed by atoms with van der Waals surface area (Å²) in [5.41, 5.74) is 0.570. The maximum absolute atomic E-state index is 12.7. The van der Waals surface area contributed by atoms with E-state index in [1.807, 2.05) is 24.3 Å². The quantitative estimate of drug-likeness (QED) is 0.719. The lowest BCUT2D eigenvalue weighted by atomic mass is 10.1. The molecule has 1 aliphatic rings. The van der Waals surface area contributed by atoms with Gasteiger partial charge in [-0.15, -0.1) is 0 Å². The third-order valence-electron chi connectivity index (χ3n) is 4.77. The van der Waals surface area contributed by atoms with Crippen LogP contribution in [0.5, 0.6) is 5.75 Å². The van der Waals surface area contributed by atoms with Crippen molar-refractivity contribution in [3.63, 3.8) is 0 Å². The van der Waals surface area contributed by atoms with Crippen LogP contribution < -0.4 is 10.1 Å². The number of carbonyl (C=O) groups excluding carboxylic acids is 1. The molecule has 0 spiro atoms. The van der Waals surface area contributed by atoms with E-state index in [4.69, 9.17) is 18.3 Å². The minimum atomic E-state index is -0.266. The van der Waals surface area contributed by atoms with E-state index >= 15 is 0 Å². The summed E-state index contributed by atoms with van der Waals surface area (Å²) in [6.07, 6.45) is 1.65. The van der Waals surface area contributed by atoms with Gasteiger partial charge in [0, 0.05) is 25.0 Å². The van der Waals surface area contributed by atoms with Gasteiger partial charge in [-0.2, -0.15) is 0 Å². The predicted octanol–water partition coefficient (Wildman–Crippen LogP) is 2.84. The maximum Gasteiger partial charge on any atom is 0.287 e. The van der Waals surface area contributed by atoms with Crippen LogP contribution in [0.15, 0.2) is 51.5 Å². The predicted molar refractivity (Wildman–Crippen MR) is 98.9 cm³/mol. The Balaban J connectivity index is 1.49. The number of hydrogen-bond donors (Lipinski definition) is 1. The topological polar surface area (TPSA) is 77.1 Å². The molecule has 7 nitrogen and oxygen atoms in total. The van der Waals surface area contributed by atoms with Crippen molar-refractivity contribution in [2.24, 2.45) is 0 Å². The van der Waals surface area contributed by atoms with Gasteiger partial charge in [-0.05, 0) is 24.3 Å². The highest BCUT2D eigenvalue weighted by atomic mass is 16.5. The zero-order valence-corrected chi connectivity index (χ0v) is 15.1. The molecule has 1 N–H and O–H groups in total. The molecule has 0 radical (unpaired) electrons. The molecule has 3 heterocycles. The molecule has 7 heteroatoms. The van der Waals surface area contributed by atoms with Crippen molar-refractivity contribution < 1.29 is 23.1 Å². The maximum atomic E-state index is 12.7. The van der Waals surface area contributed by atoms with Crippen LogP contribution in [0.3, 0.4) is 0 Å². The minimum Gasteiger partial charge on any atom is -0.493 e. The van der Waals surface area contributed by atoms with E-state index in [2.05, 4.69) is 10.2 Å². The van der Waals surface area contributed by atoms with Crippen LogP contribution in [0, 0.1) is 0 Å². The molecule has 1 fully saturated rings. The van der Waals surface area contributed by atoms with Crippen molar-refractivity contribution in [3.05, 3.63) is 54.2 Å². The molecule has 1 saturated heterocycles. The number of ether oxygens (including phenoxy) is 2. The Kier molecular flexibility index (Phi) is 5.13. The van der Waals surface area contributed by atoms with Crippen LogP contribution in [0.1, 0.15) is 22.4 Å². The van der Waals surface area contributed by atoms with Crippen molar-refractivity contribution >= 4 is 16.9 Å². The molecule has 1 aliphatic heterocycles. The number of amides is 1. The highest BCUT2D eigenvalue weighted by Crippen LogP contribution is 2.28. The molecule has 1 atom stereocenters. The molecule has 27 heavy (non-hydrogen) atoms. The van der Waals surface area contributed by atoms with E-state index in [0.717, 1.165) is 24.2 Å². The minimum absolute atomic E-state index is 0.0493. The van der Waals surface area contributed by atoms with Crippen molar-refractivity contribution in [2.45, 2.75) is 6.04 Å². The number of carbonyl (C=O) groups is 1. The third kappa shape index (κ3) is 3.70. The lowest BCUT2D eigenvalue weighted by molar-refractivity contribution is 0.0117. The van der Waals surface area contributed by atoms with Crippen LogP contribution in [-0.4, -0.2) is 50.8 Å². The summed E-state index contributed by atoms with van der Waals surface area (Å²) < 4.78 is 22.0. The van der Waals surface area contributed by atoms with Gasteiger partial charge in [0.1, 0.15) is 5.76 Å². The van der Waals surface area contributed by atoms with Crippen LogP contribution in [0.2, 0.25) is 0 Å². The van der Waals surface area contributed by atoms with Gasteiger partial charge in [0.25, 0.3) is 5.91 Å². The zero-order chi connectivity index (χ0) is 18.6. The highest BCUT2D eigenvalue weighted by Gasteiger charge is 2.26. The fraction of sp³-hybridized carbons (Fsp3) is 0.350. The Morgan fingerprint density at radius 3 is 2.85 bits per heavy atom. The van der Waals surface area contributed by atoms with Crippen LogP contribution in [0.4, 0.5) is 0 Å². The Labute approximate surface area is 156 Å². The van der Waals surface area contributed by atoms with Gasteiger partial charge < -0.3 is 23.6 Å². The summed E-state index contributed by atoms with van der Waals surface area (Å²) in [6.45, 7) is 3.36. The number of morpholine rings is 1. The van der Waals surface area contributed by atoms with E-state index in [0.29, 0.717) is 31.1 Å². The first kappa shape index (κ1) is 17.6. The molecule has 2 aromatic heterocycles. The normalized spacial score (nSPS) is 16.3. The Hall–Kier alpha value is -2.77. The number of methoxy groups -OCH3 is 1.